The zero-order valence-electron chi connectivity index (χ0n) is 8.99. The molecule has 0 amide bonds. The molecule has 2 aromatic rings. The first-order valence-electron chi connectivity index (χ1n) is 4.84. The van der Waals surface area contributed by atoms with Crippen molar-refractivity contribution in [3.8, 4) is 0 Å². The lowest BCUT2D eigenvalue weighted by molar-refractivity contribution is 0.367. The van der Waals surface area contributed by atoms with E-state index >= 15 is 0 Å². The molecule has 0 saturated carbocycles. The predicted octanol–water partition coefficient (Wildman–Crippen LogP) is 4.25. The van der Waals surface area contributed by atoms with Crippen LogP contribution in [0.2, 0.25) is 0 Å². The van der Waals surface area contributed by atoms with Gasteiger partial charge in [-0.05, 0) is 26.9 Å². The van der Waals surface area contributed by atoms with Crippen LogP contribution in [-0.4, -0.2) is 0 Å². The maximum absolute atomic E-state index is 13.6. The molecule has 0 aliphatic heterocycles. The van der Waals surface area contributed by atoms with Gasteiger partial charge in [-0.25, -0.2) is 22.0 Å². The summed E-state index contributed by atoms with van der Waals surface area (Å²) in [6.07, 6.45) is 0. The number of nitrogens with two attached hydrogens (primary N) is 1. The summed E-state index contributed by atoms with van der Waals surface area (Å²) < 4.78 is 66.6. The first-order valence-corrected chi connectivity index (χ1v) is 6.58. The van der Waals surface area contributed by atoms with Gasteiger partial charge in [-0.3, -0.25) is 0 Å². The minimum Gasteiger partial charge on any atom is -0.320 e. The maximum atomic E-state index is 13.6. The van der Waals surface area contributed by atoms with E-state index in [0.717, 1.165) is 0 Å². The molecule has 1 unspecified atom stereocenters. The number of hydrogen-bond acceptors (Lipinski definition) is 2. The Hall–Kier alpha value is -0.990. The van der Waals surface area contributed by atoms with Crippen LogP contribution in [0.1, 0.15) is 17.2 Å². The van der Waals surface area contributed by atoms with Gasteiger partial charge in [0.2, 0.25) is 5.82 Å². The van der Waals surface area contributed by atoms with Gasteiger partial charge < -0.3 is 5.73 Å². The SMILES string of the molecule is NC(c1cscc1Br)c1c(F)c(F)c(F)c(F)c1F. The van der Waals surface area contributed by atoms with Gasteiger partial charge in [-0.1, -0.05) is 0 Å². The average molecular weight is 358 g/mol. The van der Waals surface area contributed by atoms with Crippen molar-refractivity contribution >= 4 is 27.3 Å². The maximum Gasteiger partial charge on any atom is 0.200 e. The normalized spacial score (nSPS) is 12.8. The molecule has 0 aliphatic carbocycles. The topological polar surface area (TPSA) is 26.0 Å². The lowest BCUT2D eigenvalue weighted by Crippen LogP contribution is -2.18. The second-order valence-corrected chi connectivity index (χ2v) is 5.23. The van der Waals surface area contributed by atoms with Crippen LogP contribution < -0.4 is 5.73 Å². The first-order chi connectivity index (χ1) is 8.86. The summed E-state index contributed by atoms with van der Waals surface area (Å²) in [6.45, 7) is 0. The number of thiophene rings is 1. The Kier molecular flexibility index (Phi) is 3.93. The lowest BCUT2D eigenvalue weighted by Gasteiger charge is -2.15. The monoisotopic (exact) mass is 357 g/mol. The van der Waals surface area contributed by atoms with Gasteiger partial charge in [0.1, 0.15) is 0 Å². The van der Waals surface area contributed by atoms with Gasteiger partial charge in [0.05, 0.1) is 11.6 Å². The van der Waals surface area contributed by atoms with Crippen molar-refractivity contribution in [2.24, 2.45) is 5.73 Å². The van der Waals surface area contributed by atoms with E-state index < -0.39 is 40.7 Å². The Balaban J connectivity index is 2.67. The first kappa shape index (κ1) is 14.4. The van der Waals surface area contributed by atoms with Crippen molar-refractivity contribution in [1.82, 2.24) is 0 Å². The Morgan fingerprint density at radius 3 is 1.79 bits per heavy atom. The molecule has 1 aromatic heterocycles. The minimum atomic E-state index is -2.20. The highest BCUT2D eigenvalue weighted by atomic mass is 79.9. The van der Waals surface area contributed by atoms with Crippen LogP contribution in [0, 0.1) is 29.1 Å². The predicted molar refractivity (Wildman–Crippen MR) is 64.3 cm³/mol. The fraction of sp³-hybridized carbons (Fsp3) is 0.0909. The van der Waals surface area contributed by atoms with Crippen molar-refractivity contribution < 1.29 is 22.0 Å². The third-order valence-corrected chi connectivity index (χ3v) is 4.28. The second-order valence-electron chi connectivity index (χ2n) is 3.64. The summed E-state index contributed by atoms with van der Waals surface area (Å²) >= 11 is 4.27. The van der Waals surface area contributed by atoms with Crippen LogP contribution in [-0.2, 0) is 0 Å². The summed E-state index contributed by atoms with van der Waals surface area (Å²) in [5.41, 5.74) is 4.79. The fourth-order valence-electron chi connectivity index (χ4n) is 1.56. The van der Waals surface area contributed by atoms with E-state index in [2.05, 4.69) is 15.9 Å². The molecule has 2 rings (SSSR count). The Labute approximate surface area is 117 Å². The zero-order valence-corrected chi connectivity index (χ0v) is 11.4. The second kappa shape index (κ2) is 5.18. The number of rotatable bonds is 2. The van der Waals surface area contributed by atoms with E-state index in [-0.39, 0.29) is 5.56 Å². The van der Waals surface area contributed by atoms with Crippen LogP contribution >= 0.6 is 27.3 Å². The largest absolute Gasteiger partial charge is 0.320 e. The molecular weight excluding hydrogens is 353 g/mol. The van der Waals surface area contributed by atoms with Crippen molar-refractivity contribution in [3.05, 3.63) is 55.4 Å². The fourth-order valence-corrected chi connectivity index (χ4v) is 3.14. The van der Waals surface area contributed by atoms with Gasteiger partial charge >= 0.3 is 0 Å². The molecule has 8 heteroatoms. The molecule has 0 aliphatic rings. The highest BCUT2D eigenvalue weighted by molar-refractivity contribution is 9.10. The van der Waals surface area contributed by atoms with Crippen molar-refractivity contribution in [1.29, 1.82) is 0 Å². The molecule has 0 saturated heterocycles. The standard InChI is InChI=1S/C11H5BrF5NS/c12-4-2-19-1-3(4)11(18)5-6(13)8(15)10(17)9(16)7(5)14/h1-2,11H,18H2. The van der Waals surface area contributed by atoms with Crippen molar-refractivity contribution in [2.75, 3.05) is 0 Å². The molecule has 2 N–H and O–H groups in total. The van der Waals surface area contributed by atoms with E-state index in [1.54, 1.807) is 5.38 Å². The molecule has 1 heterocycles. The highest BCUT2D eigenvalue weighted by Gasteiger charge is 2.30. The van der Waals surface area contributed by atoms with Crippen LogP contribution in [0.3, 0.4) is 0 Å². The molecule has 1 aromatic carbocycles. The van der Waals surface area contributed by atoms with Crippen LogP contribution in [0.25, 0.3) is 0 Å². The quantitative estimate of drug-likeness (QED) is 0.485. The van der Waals surface area contributed by atoms with E-state index in [1.807, 2.05) is 0 Å². The lowest BCUT2D eigenvalue weighted by atomic mass is 10.0. The van der Waals surface area contributed by atoms with Gasteiger partial charge in [0, 0.05) is 9.85 Å². The summed E-state index contributed by atoms with van der Waals surface area (Å²) in [7, 11) is 0. The summed E-state index contributed by atoms with van der Waals surface area (Å²) in [6, 6.07) is -1.45. The number of halogens is 6. The van der Waals surface area contributed by atoms with Gasteiger partial charge in [0.15, 0.2) is 23.3 Å². The van der Waals surface area contributed by atoms with Crippen molar-refractivity contribution in [3.63, 3.8) is 0 Å². The highest BCUT2D eigenvalue weighted by Crippen LogP contribution is 2.34. The van der Waals surface area contributed by atoms with Crippen LogP contribution in [0.5, 0.6) is 0 Å². The Bertz CT molecular complexity index is 613. The molecule has 0 fully saturated rings. The molecular formula is C11H5BrF5NS. The van der Waals surface area contributed by atoms with Crippen LogP contribution in [0.4, 0.5) is 22.0 Å². The molecule has 19 heavy (non-hydrogen) atoms. The van der Waals surface area contributed by atoms with Crippen molar-refractivity contribution in [2.45, 2.75) is 6.04 Å². The van der Waals surface area contributed by atoms with Gasteiger partial charge in [-0.2, -0.15) is 11.3 Å². The average Bonchev–Trinajstić information content (AvgIpc) is 2.80. The molecule has 1 atom stereocenters. The smallest absolute Gasteiger partial charge is 0.200 e. The Morgan fingerprint density at radius 1 is 0.895 bits per heavy atom. The Morgan fingerprint density at radius 2 is 1.37 bits per heavy atom. The summed E-state index contributed by atoms with van der Waals surface area (Å²) in [4.78, 5) is 0. The van der Waals surface area contributed by atoms with Gasteiger partial charge in [-0.15, -0.1) is 0 Å². The molecule has 0 spiro atoms. The molecule has 0 radical (unpaired) electrons. The number of benzene rings is 1. The summed E-state index contributed by atoms with van der Waals surface area (Å²) in [5, 5.41) is 3.05. The molecule has 0 bridgehead atoms. The van der Waals surface area contributed by atoms with E-state index in [1.165, 1.54) is 16.7 Å². The molecule has 1 nitrogen and oxygen atoms in total. The van der Waals surface area contributed by atoms with E-state index in [4.69, 9.17) is 5.73 Å². The van der Waals surface area contributed by atoms with E-state index in [0.29, 0.717) is 4.47 Å². The zero-order chi connectivity index (χ0) is 14.3. The van der Waals surface area contributed by atoms with E-state index in [9.17, 15) is 22.0 Å². The van der Waals surface area contributed by atoms with Crippen LogP contribution in [0.15, 0.2) is 15.2 Å². The van der Waals surface area contributed by atoms with Gasteiger partial charge in [0.25, 0.3) is 0 Å². The molecule has 102 valence electrons. The summed E-state index contributed by atoms with van der Waals surface area (Å²) in [5.74, 6) is -10.0. The number of hydrogen-bond donors (Lipinski definition) is 1. The minimum absolute atomic E-state index is 0.244. The third kappa shape index (κ3) is 2.28. The third-order valence-electron chi connectivity index (χ3n) is 2.53.